The number of benzene rings is 1. The van der Waals surface area contributed by atoms with Gasteiger partial charge in [-0.2, -0.15) is 0 Å². The molecule has 86 valence electrons. The molecule has 0 aliphatic carbocycles. The highest BCUT2D eigenvalue weighted by Gasteiger charge is 2.05. The van der Waals surface area contributed by atoms with Crippen molar-refractivity contribution in [1.29, 1.82) is 0 Å². The number of thiazole rings is 1. The number of halogens is 1. The van der Waals surface area contributed by atoms with Gasteiger partial charge in [0.15, 0.2) is 5.13 Å². The number of nitrogens with zero attached hydrogens (tertiary/aromatic N) is 1. The smallest absolute Gasteiger partial charge is 0.183 e. The van der Waals surface area contributed by atoms with Crippen LogP contribution in [0.2, 0.25) is 5.02 Å². The summed E-state index contributed by atoms with van der Waals surface area (Å²) in [5.41, 5.74) is 0.951. The average molecular weight is 257 g/mol. The highest BCUT2D eigenvalue weighted by Crippen LogP contribution is 2.31. The van der Waals surface area contributed by atoms with Gasteiger partial charge in [0, 0.05) is 20.3 Å². The lowest BCUT2D eigenvalue weighted by Crippen LogP contribution is -2.03. The molecule has 5 heteroatoms. The molecule has 0 amide bonds. The van der Waals surface area contributed by atoms with Gasteiger partial charge in [0.25, 0.3) is 0 Å². The summed E-state index contributed by atoms with van der Waals surface area (Å²) in [4.78, 5) is 4.45. The summed E-state index contributed by atoms with van der Waals surface area (Å²) in [6, 6.07) is 5.77. The highest BCUT2D eigenvalue weighted by molar-refractivity contribution is 7.22. The topological polar surface area (TPSA) is 34.1 Å². The normalized spacial score (nSPS) is 10.9. The standard InChI is InChI=1S/C11H13ClN2OS/c1-15-7-3-6-13-11-14-9-5-2-4-8(12)10(9)16-11/h2,4-5H,3,6-7H2,1H3,(H,13,14). The van der Waals surface area contributed by atoms with Crippen molar-refractivity contribution in [3.8, 4) is 0 Å². The quantitative estimate of drug-likeness (QED) is 0.833. The molecule has 0 saturated carbocycles. The number of ether oxygens (including phenoxy) is 1. The fourth-order valence-electron chi connectivity index (χ4n) is 1.40. The molecule has 1 aromatic carbocycles. The van der Waals surface area contributed by atoms with E-state index in [0.717, 1.165) is 39.9 Å². The van der Waals surface area contributed by atoms with Gasteiger partial charge in [0.05, 0.1) is 15.2 Å². The fraction of sp³-hybridized carbons (Fsp3) is 0.364. The van der Waals surface area contributed by atoms with E-state index in [2.05, 4.69) is 10.3 Å². The molecule has 0 radical (unpaired) electrons. The largest absolute Gasteiger partial charge is 0.385 e. The summed E-state index contributed by atoms with van der Waals surface area (Å²) in [6.07, 6.45) is 0.972. The van der Waals surface area contributed by atoms with Crippen LogP contribution in [0.5, 0.6) is 0 Å². The number of methoxy groups -OCH3 is 1. The summed E-state index contributed by atoms with van der Waals surface area (Å²) >= 11 is 7.66. The Hall–Kier alpha value is -0.840. The van der Waals surface area contributed by atoms with E-state index in [1.807, 2.05) is 18.2 Å². The number of fused-ring (bicyclic) bond motifs is 1. The van der Waals surface area contributed by atoms with Crippen LogP contribution in [-0.2, 0) is 4.74 Å². The van der Waals surface area contributed by atoms with E-state index in [-0.39, 0.29) is 0 Å². The molecule has 1 heterocycles. The van der Waals surface area contributed by atoms with Crippen LogP contribution in [0.4, 0.5) is 5.13 Å². The molecule has 0 unspecified atom stereocenters. The second kappa shape index (κ2) is 5.48. The van der Waals surface area contributed by atoms with Gasteiger partial charge < -0.3 is 10.1 Å². The van der Waals surface area contributed by atoms with Crippen LogP contribution in [0.25, 0.3) is 10.2 Å². The van der Waals surface area contributed by atoms with Gasteiger partial charge in [-0.3, -0.25) is 0 Å². The van der Waals surface area contributed by atoms with Crippen LogP contribution in [0.1, 0.15) is 6.42 Å². The predicted molar refractivity (Wildman–Crippen MR) is 69.6 cm³/mol. The lowest BCUT2D eigenvalue weighted by molar-refractivity contribution is 0.198. The molecule has 1 N–H and O–H groups in total. The summed E-state index contributed by atoms with van der Waals surface area (Å²) in [5.74, 6) is 0. The second-order valence-electron chi connectivity index (χ2n) is 3.38. The molecule has 0 saturated heterocycles. The Kier molecular flexibility index (Phi) is 3.98. The molecule has 0 spiro atoms. The van der Waals surface area contributed by atoms with Crippen molar-refractivity contribution in [1.82, 2.24) is 4.98 Å². The van der Waals surface area contributed by atoms with Crippen LogP contribution in [-0.4, -0.2) is 25.2 Å². The van der Waals surface area contributed by atoms with Crippen molar-refractivity contribution in [3.63, 3.8) is 0 Å². The van der Waals surface area contributed by atoms with Gasteiger partial charge in [-0.1, -0.05) is 29.0 Å². The SMILES string of the molecule is COCCCNc1nc2cccc(Cl)c2s1. The van der Waals surface area contributed by atoms with E-state index >= 15 is 0 Å². The molecule has 2 rings (SSSR count). The number of aromatic nitrogens is 1. The Balaban J connectivity index is 2.05. The summed E-state index contributed by atoms with van der Waals surface area (Å²) in [6.45, 7) is 1.63. The van der Waals surface area contributed by atoms with E-state index in [0.29, 0.717) is 0 Å². The third kappa shape index (κ3) is 2.64. The highest BCUT2D eigenvalue weighted by atomic mass is 35.5. The Labute approximate surface area is 103 Å². The number of rotatable bonds is 5. The van der Waals surface area contributed by atoms with E-state index in [9.17, 15) is 0 Å². The van der Waals surface area contributed by atoms with Gasteiger partial charge in [0.2, 0.25) is 0 Å². The number of hydrogen-bond donors (Lipinski definition) is 1. The maximum atomic E-state index is 6.08. The minimum Gasteiger partial charge on any atom is -0.385 e. The van der Waals surface area contributed by atoms with Gasteiger partial charge >= 0.3 is 0 Å². The van der Waals surface area contributed by atoms with E-state index in [4.69, 9.17) is 16.3 Å². The molecule has 0 bridgehead atoms. The van der Waals surface area contributed by atoms with Gasteiger partial charge in [-0.15, -0.1) is 0 Å². The molecule has 0 aliphatic rings. The van der Waals surface area contributed by atoms with Crippen molar-refractivity contribution in [2.75, 3.05) is 25.6 Å². The van der Waals surface area contributed by atoms with Crippen molar-refractivity contribution in [2.45, 2.75) is 6.42 Å². The van der Waals surface area contributed by atoms with Gasteiger partial charge in [-0.05, 0) is 18.6 Å². The minimum absolute atomic E-state index is 0.763. The maximum Gasteiger partial charge on any atom is 0.183 e. The number of hydrogen-bond acceptors (Lipinski definition) is 4. The first-order valence-electron chi connectivity index (χ1n) is 5.09. The van der Waals surface area contributed by atoms with Crippen LogP contribution < -0.4 is 5.32 Å². The lowest BCUT2D eigenvalue weighted by atomic mass is 10.3. The molecular weight excluding hydrogens is 244 g/mol. The summed E-state index contributed by atoms with van der Waals surface area (Å²) < 4.78 is 6.02. The van der Waals surface area contributed by atoms with Crippen LogP contribution >= 0.6 is 22.9 Å². The van der Waals surface area contributed by atoms with Crippen LogP contribution in [0.15, 0.2) is 18.2 Å². The van der Waals surface area contributed by atoms with E-state index in [1.165, 1.54) is 0 Å². The van der Waals surface area contributed by atoms with Crippen molar-refractivity contribution < 1.29 is 4.74 Å². The third-order valence-electron chi connectivity index (χ3n) is 2.17. The number of nitrogens with one attached hydrogen (secondary N) is 1. The summed E-state index contributed by atoms with van der Waals surface area (Å²) in [5, 5.41) is 4.94. The van der Waals surface area contributed by atoms with Crippen LogP contribution in [0, 0.1) is 0 Å². The van der Waals surface area contributed by atoms with Gasteiger partial charge in [0.1, 0.15) is 0 Å². The minimum atomic E-state index is 0.763. The van der Waals surface area contributed by atoms with Crippen molar-refractivity contribution in [3.05, 3.63) is 23.2 Å². The van der Waals surface area contributed by atoms with Crippen molar-refractivity contribution >= 4 is 38.3 Å². The fourth-order valence-corrected chi connectivity index (χ4v) is 2.58. The zero-order valence-corrected chi connectivity index (χ0v) is 10.6. The van der Waals surface area contributed by atoms with E-state index in [1.54, 1.807) is 18.4 Å². The predicted octanol–water partition coefficient (Wildman–Crippen LogP) is 3.40. The van der Waals surface area contributed by atoms with E-state index < -0.39 is 0 Å². The molecular formula is C11H13ClN2OS. The average Bonchev–Trinajstić information content (AvgIpc) is 2.69. The molecule has 1 aromatic heterocycles. The van der Waals surface area contributed by atoms with Crippen molar-refractivity contribution in [2.24, 2.45) is 0 Å². The monoisotopic (exact) mass is 256 g/mol. The maximum absolute atomic E-state index is 6.08. The zero-order chi connectivity index (χ0) is 11.4. The molecule has 0 fully saturated rings. The number of anilines is 1. The second-order valence-corrected chi connectivity index (χ2v) is 4.79. The molecule has 2 aromatic rings. The first-order valence-corrected chi connectivity index (χ1v) is 6.28. The first-order chi connectivity index (χ1) is 7.81. The molecule has 3 nitrogen and oxygen atoms in total. The van der Waals surface area contributed by atoms with Gasteiger partial charge in [-0.25, -0.2) is 4.98 Å². The lowest BCUT2D eigenvalue weighted by Gasteiger charge is -2.00. The molecule has 0 aliphatic heterocycles. The zero-order valence-electron chi connectivity index (χ0n) is 9.00. The molecule has 0 atom stereocenters. The molecule has 16 heavy (non-hydrogen) atoms. The van der Waals surface area contributed by atoms with Crippen LogP contribution in [0.3, 0.4) is 0 Å². The Morgan fingerprint density at radius 2 is 2.38 bits per heavy atom. The Morgan fingerprint density at radius 1 is 1.50 bits per heavy atom. The third-order valence-corrected chi connectivity index (χ3v) is 3.66. The summed E-state index contributed by atoms with van der Waals surface area (Å²) in [7, 11) is 1.71. The Morgan fingerprint density at radius 3 is 3.12 bits per heavy atom. The Bertz CT molecular complexity index is 472. The first kappa shape index (κ1) is 11.6.